The van der Waals surface area contributed by atoms with Crippen molar-refractivity contribution in [2.75, 3.05) is 13.1 Å². The summed E-state index contributed by atoms with van der Waals surface area (Å²) in [5, 5.41) is 0.666. The molecule has 0 atom stereocenters. The molecule has 0 radical (unpaired) electrons. The number of hydrogen-bond donors (Lipinski definition) is 0. The van der Waals surface area contributed by atoms with Crippen molar-refractivity contribution in [3.63, 3.8) is 0 Å². The van der Waals surface area contributed by atoms with Gasteiger partial charge in [0.15, 0.2) is 5.78 Å². The molecule has 3 heteroatoms. The first-order chi connectivity index (χ1) is 8.04. The average Bonchev–Trinajstić information content (AvgIpc) is 2.30. The fourth-order valence-corrected chi connectivity index (χ4v) is 1.93. The molecule has 2 nitrogen and oxygen atoms in total. The SMILES string of the molecule is CCN(CCC(=O)c1ccc(Cl)cc1)C(C)C. The number of benzene rings is 1. The van der Waals surface area contributed by atoms with E-state index >= 15 is 0 Å². The van der Waals surface area contributed by atoms with E-state index in [0.29, 0.717) is 17.5 Å². The van der Waals surface area contributed by atoms with E-state index in [9.17, 15) is 4.79 Å². The minimum absolute atomic E-state index is 0.181. The fourth-order valence-electron chi connectivity index (χ4n) is 1.81. The Morgan fingerprint density at radius 1 is 1.29 bits per heavy atom. The van der Waals surface area contributed by atoms with Crippen molar-refractivity contribution in [3.8, 4) is 0 Å². The zero-order valence-corrected chi connectivity index (χ0v) is 11.5. The quantitative estimate of drug-likeness (QED) is 0.722. The van der Waals surface area contributed by atoms with Gasteiger partial charge in [0, 0.05) is 29.6 Å². The van der Waals surface area contributed by atoms with E-state index in [1.807, 2.05) is 0 Å². The molecular weight excluding hydrogens is 234 g/mol. The number of carbonyl (C=O) groups is 1. The molecule has 1 aromatic rings. The van der Waals surface area contributed by atoms with Gasteiger partial charge in [-0.25, -0.2) is 0 Å². The molecule has 1 rings (SSSR count). The van der Waals surface area contributed by atoms with Crippen LogP contribution < -0.4 is 0 Å². The van der Waals surface area contributed by atoms with E-state index in [0.717, 1.165) is 18.7 Å². The van der Waals surface area contributed by atoms with Gasteiger partial charge in [-0.15, -0.1) is 0 Å². The number of halogens is 1. The highest BCUT2D eigenvalue weighted by atomic mass is 35.5. The van der Waals surface area contributed by atoms with Crippen molar-refractivity contribution < 1.29 is 4.79 Å². The van der Waals surface area contributed by atoms with Gasteiger partial charge in [-0.1, -0.05) is 18.5 Å². The highest BCUT2D eigenvalue weighted by Gasteiger charge is 2.11. The molecule has 0 unspecified atom stereocenters. The predicted octanol–water partition coefficient (Wildman–Crippen LogP) is 3.64. The zero-order chi connectivity index (χ0) is 12.8. The van der Waals surface area contributed by atoms with Crippen molar-refractivity contribution in [2.45, 2.75) is 33.2 Å². The third-order valence-electron chi connectivity index (χ3n) is 2.93. The van der Waals surface area contributed by atoms with Gasteiger partial charge in [0.2, 0.25) is 0 Å². The minimum Gasteiger partial charge on any atom is -0.301 e. The number of nitrogens with zero attached hydrogens (tertiary/aromatic N) is 1. The topological polar surface area (TPSA) is 20.3 Å². The smallest absolute Gasteiger partial charge is 0.164 e. The second-order valence-corrected chi connectivity index (χ2v) is 4.84. The van der Waals surface area contributed by atoms with Crippen molar-refractivity contribution in [2.24, 2.45) is 0 Å². The monoisotopic (exact) mass is 253 g/mol. The lowest BCUT2D eigenvalue weighted by molar-refractivity contribution is 0.0958. The van der Waals surface area contributed by atoms with Crippen molar-refractivity contribution >= 4 is 17.4 Å². The minimum atomic E-state index is 0.181. The molecule has 0 spiro atoms. The second kappa shape index (κ2) is 6.77. The third-order valence-corrected chi connectivity index (χ3v) is 3.18. The van der Waals surface area contributed by atoms with Crippen molar-refractivity contribution in [3.05, 3.63) is 34.9 Å². The van der Waals surface area contributed by atoms with Crippen LogP contribution in [0.2, 0.25) is 5.02 Å². The van der Waals surface area contributed by atoms with Gasteiger partial charge in [0.05, 0.1) is 0 Å². The predicted molar refractivity (Wildman–Crippen MR) is 72.8 cm³/mol. The van der Waals surface area contributed by atoms with Crippen LogP contribution in [0, 0.1) is 0 Å². The van der Waals surface area contributed by atoms with Crippen LogP contribution in [-0.2, 0) is 0 Å². The lowest BCUT2D eigenvalue weighted by Gasteiger charge is -2.24. The van der Waals surface area contributed by atoms with E-state index in [4.69, 9.17) is 11.6 Å². The molecule has 0 saturated heterocycles. The molecule has 0 amide bonds. The lowest BCUT2D eigenvalue weighted by atomic mass is 10.1. The maximum absolute atomic E-state index is 11.9. The van der Waals surface area contributed by atoms with Gasteiger partial charge in [-0.05, 0) is 44.7 Å². The highest BCUT2D eigenvalue weighted by Crippen LogP contribution is 2.11. The Balaban J connectivity index is 2.52. The van der Waals surface area contributed by atoms with Gasteiger partial charge >= 0.3 is 0 Å². The van der Waals surface area contributed by atoms with Gasteiger partial charge < -0.3 is 4.90 Å². The Hall–Kier alpha value is -0.860. The van der Waals surface area contributed by atoms with E-state index in [1.165, 1.54) is 0 Å². The fraction of sp³-hybridized carbons (Fsp3) is 0.500. The van der Waals surface area contributed by atoms with E-state index in [2.05, 4.69) is 25.7 Å². The van der Waals surface area contributed by atoms with Crippen LogP contribution in [0.25, 0.3) is 0 Å². The van der Waals surface area contributed by atoms with Crippen LogP contribution in [0.3, 0.4) is 0 Å². The van der Waals surface area contributed by atoms with Gasteiger partial charge in [0.25, 0.3) is 0 Å². The molecule has 0 heterocycles. The molecule has 0 aliphatic carbocycles. The molecule has 0 bridgehead atoms. The number of rotatable bonds is 6. The summed E-state index contributed by atoms with van der Waals surface area (Å²) >= 11 is 5.79. The number of carbonyl (C=O) groups excluding carboxylic acids is 1. The van der Waals surface area contributed by atoms with Crippen LogP contribution in [0.4, 0.5) is 0 Å². The van der Waals surface area contributed by atoms with Crippen LogP contribution in [0.5, 0.6) is 0 Å². The molecule has 0 aliphatic rings. The number of hydrogen-bond acceptors (Lipinski definition) is 2. The van der Waals surface area contributed by atoms with Crippen LogP contribution in [-0.4, -0.2) is 29.8 Å². The molecular formula is C14H20ClNO. The van der Waals surface area contributed by atoms with Crippen LogP contribution >= 0.6 is 11.6 Å². The van der Waals surface area contributed by atoms with E-state index in [-0.39, 0.29) is 5.78 Å². The summed E-state index contributed by atoms with van der Waals surface area (Å²) in [4.78, 5) is 14.2. The van der Waals surface area contributed by atoms with Crippen molar-refractivity contribution in [1.82, 2.24) is 4.90 Å². The summed E-state index contributed by atoms with van der Waals surface area (Å²) in [5.74, 6) is 0.181. The molecule has 17 heavy (non-hydrogen) atoms. The first-order valence-corrected chi connectivity index (χ1v) is 6.45. The summed E-state index contributed by atoms with van der Waals surface area (Å²) in [6.45, 7) is 8.21. The van der Waals surface area contributed by atoms with Crippen LogP contribution in [0.1, 0.15) is 37.6 Å². The molecule has 1 aromatic carbocycles. The summed E-state index contributed by atoms with van der Waals surface area (Å²) in [6.07, 6.45) is 0.563. The Morgan fingerprint density at radius 3 is 2.35 bits per heavy atom. The van der Waals surface area contributed by atoms with Gasteiger partial charge in [-0.2, -0.15) is 0 Å². The Kier molecular flexibility index (Phi) is 5.66. The van der Waals surface area contributed by atoms with Gasteiger partial charge in [0.1, 0.15) is 0 Å². The summed E-state index contributed by atoms with van der Waals surface area (Å²) in [7, 11) is 0. The normalized spacial score (nSPS) is 11.2. The lowest BCUT2D eigenvalue weighted by Crippen LogP contribution is -2.32. The Morgan fingerprint density at radius 2 is 1.88 bits per heavy atom. The highest BCUT2D eigenvalue weighted by molar-refractivity contribution is 6.30. The second-order valence-electron chi connectivity index (χ2n) is 4.40. The first-order valence-electron chi connectivity index (χ1n) is 6.07. The largest absolute Gasteiger partial charge is 0.301 e. The Bertz CT molecular complexity index is 359. The van der Waals surface area contributed by atoms with E-state index < -0.39 is 0 Å². The molecule has 0 fully saturated rings. The first kappa shape index (κ1) is 14.2. The summed E-state index contributed by atoms with van der Waals surface area (Å²) < 4.78 is 0. The molecule has 0 aromatic heterocycles. The standard InChI is InChI=1S/C14H20ClNO/c1-4-16(11(2)3)10-9-14(17)12-5-7-13(15)8-6-12/h5-8,11H,4,9-10H2,1-3H3. The summed E-state index contributed by atoms with van der Waals surface area (Å²) in [6, 6.07) is 7.58. The van der Waals surface area contributed by atoms with Crippen molar-refractivity contribution in [1.29, 1.82) is 0 Å². The number of Topliss-reactive ketones (excluding diaryl/α,β-unsaturated/α-hetero) is 1. The maximum atomic E-state index is 11.9. The molecule has 0 aliphatic heterocycles. The Labute approximate surface area is 109 Å². The molecule has 0 N–H and O–H groups in total. The van der Waals surface area contributed by atoms with E-state index in [1.54, 1.807) is 24.3 Å². The number of ketones is 1. The van der Waals surface area contributed by atoms with Crippen LogP contribution in [0.15, 0.2) is 24.3 Å². The maximum Gasteiger partial charge on any atom is 0.164 e. The summed E-state index contributed by atoms with van der Waals surface area (Å²) in [5.41, 5.74) is 0.745. The molecule has 94 valence electrons. The zero-order valence-electron chi connectivity index (χ0n) is 10.7. The third kappa shape index (κ3) is 4.49. The average molecular weight is 254 g/mol. The molecule has 0 saturated carbocycles. The van der Waals surface area contributed by atoms with Gasteiger partial charge in [-0.3, -0.25) is 4.79 Å².